The number of nitrogens with zero attached hydrogens (tertiary/aromatic N) is 1. The lowest BCUT2D eigenvalue weighted by molar-refractivity contribution is -0.119. The minimum absolute atomic E-state index is 0.325. The molecular formula is C16H16N2O3. The maximum absolute atomic E-state index is 11.8. The van der Waals surface area contributed by atoms with Gasteiger partial charge in [0, 0.05) is 18.1 Å². The van der Waals surface area contributed by atoms with E-state index >= 15 is 0 Å². The Labute approximate surface area is 123 Å². The van der Waals surface area contributed by atoms with Gasteiger partial charge in [0.15, 0.2) is 6.61 Å². The zero-order valence-corrected chi connectivity index (χ0v) is 11.9. The summed E-state index contributed by atoms with van der Waals surface area (Å²) < 4.78 is 4.95. The monoisotopic (exact) mass is 284 g/mol. The van der Waals surface area contributed by atoms with Crippen LogP contribution in [0.2, 0.25) is 0 Å². The van der Waals surface area contributed by atoms with Crippen molar-refractivity contribution in [1.82, 2.24) is 4.98 Å². The van der Waals surface area contributed by atoms with Crippen LogP contribution in [0, 0.1) is 13.8 Å². The Kier molecular flexibility index (Phi) is 4.66. The van der Waals surface area contributed by atoms with Gasteiger partial charge in [-0.3, -0.25) is 9.78 Å². The Morgan fingerprint density at radius 3 is 2.57 bits per heavy atom. The number of anilines is 1. The molecule has 0 aliphatic heterocycles. The molecule has 108 valence electrons. The van der Waals surface area contributed by atoms with Gasteiger partial charge in [0.05, 0.1) is 5.56 Å². The second-order valence-electron chi connectivity index (χ2n) is 4.61. The average Bonchev–Trinajstić information content (AvgIpc) is 2.50. The van der Waals surface area contributed by atoms with Crippen molar-refractivity contribution in [2.75, 3.05) is 11.9 Å². The number of amides is 1. The van der Waals surface area contributed by atoms with Crippen LogP contribution < -0.4 is 5.32 Å². The van der Waals surface area contributed by atoms with Crippen molar-refractivity contribution < 1.29 is 14.3 Å². The lowest BCUT2D eigenvalue weighted by Crippen LogP contribution is -2.21. The quantitative estimate of drug-likeness (QED) is 0.876. The SMILES string of the molecule is Cc1cccc(NC(=O)COC(=O)c2ccncc2)c1C. The van der Waals surface area contributed by atoms with E-state index < -0.39 is 5.97 Å². The molecule has 0 saturated carbocycles. The summed E-state index contributed by atoms with van der Waals surface area (Å²) in [6, 6.07) is 8.70. The molecule has 0 atom stereocenters. The topological polar surface area (TPSA) is 68.3 Å². The Morgan fingerprint density at radius 2 is 1.86 bits per heavy atom. The highest BCUT2D eigenvalue weighted by Crippen LogP contribution is 2.17. The van der Waals surface area contributed by atoms with Gasteiger partial charge < -0.3 is 10.1 Å². The maximum Gasteiger partial charge on any atom is 0.338 e. The van der Waals surface area contributed by atoms with E-state index in [0.717, 1.165) is 16.8 Å². The second-order valence-corrected chi connectivity index (χ2v) is 4.61. The van der Waals surface area contributed by atoms with Crippen LogP contribution in [0.5, 0.6) is 0 Å². The number of carbonyl (C=O) groups is 2. The van der Waals surface area contributed by atoms with E-state index in [0.29, 0.717) is 5.56 Å². The Morgan fingerprint density at radius 1 is 1.14 bits per heavy atom. The summed E-state index contributed by atoms with van der Waals surface area (Å²) >= 11 is 0. The van der Waals surface area contributed by atoms with Crippen LogP contribution in [-0.2, 0) is 9.53 Å². The molecule has 1 aromatic heterocycles. The molecule has 0 aliphatic carbocycles. The largest absolute Gasteiger partial charge is 0.452 e. The smallest absolute Gasteiger partial charge is 0.338 e. The normalized spacial score (nSPS) is 10.0. The number of hydrogen-bond acceptors (Lipinski definition) is 4. The number of hydrogen-bond donors (Lipinski definition) is 1. The summed E-state index contributed by atoms with van der Waals surface area (Å²) in [5.41, 5.74) is 3.16. The van der Waals surface area contributed by atoms with E-state index in [-0.39, 0.29) is 12.5 Å². The second kappa shape index (κ2) is 6.65. The van der Waals surface area contributed by atoms with Crippen molar-refractivity contribution in [1.29, 1.82) is 0 Å². The van der Waals surface area contributed by atoms with Gasteiger partial charge in [-0.25, -0.2) is 4.79 Å². The first-order chi connectivity index (χ1) is 10.1. The highest BCUT2D eigenvalue weighted by molar-refractivity contribution is 5.95. The first-order valence-electron chi connectivity index (χ1n) is 6.51. The van der Waals surface area contributed by atoms with E-state index in [9.17, 15) is 9.59 Å². The van der Waals surface area contributed by atoms with Crippen molar-refractivity contribution in [3.05, 3.63) is 59.4 Å². The van der Waals surface area contributed by atoms with Gasteiger partial charge in [-0.05, 0) is 43.2 Å². The van der Waals surface area contributed by atoms with Crippen LogP contribution >= 0.6 is 0 Å². The van der Waals surface area contributed by atoms with Crippen LogP contribution in [0.25, 0.3) is 0 Å². The molecule has 1 heterocycles. The summed E-state index contributed by atoms with van der Waals surface area (Å²) in [5.74, 6) is -0.917. The van der Waals surface area contributed by atoms with Gasteiger partial charge in [0.2, 0.25) is 0 Å². The van der Waals surface area contributed by atoms with Crippen LogP contribution in [0.3, 0.4) is 0 Å². The first-order valence-corrected chi connectivity index (χ1v) is 6.51. The zero-order valence-electron chi connectivity index (χ0n) is 11.9. The van der Waals surface area contributed by atoms with Crippen LogP contribution in [-0.4, -0.2) is 23.5 Å². The highest BCUT2D eigenvalue weighted by atomic mass is 16.5. The lowest BCUT2D eigenvalue weighted by Gasteiger charge is -2.10. The number of rotatable bonds is 4. The molecule has 2 aromatic rings. The molecule has 0 spiro atoms. The van der Waals surface area contributed by atoms with E-state index in [1.54, 1.807) is 0 Å². The van der Waals surface area contributed by atoms with E-state index in [4.69, 9.17) is 4.74 Å². The molecule has 5 heteroatoms. The predicted octanol–water partition coefficient (Wildman–Crippen LogP) is 2.49. The van der Waals surface area contributed by atoms with Gasteiger partial charge in [-0.15, -0.1) is 0 Å². The molecule has 1 amide bonds. The molecule has 0 bridgehead atoms. The number of benzene rings is 1. The number of esters is 1. The van der Waals surface area contributed by atoms with Gasteiger partial charge in [0.1, 0.15) is 0 Å². The molecule has 0 unspecified atom stereocenters. The number of pyridine rings is 1. The van der Waals surface area contributed by atoms with Gasteiger partial charge in [-0.2, -0.15) is 0 Å². The zero-order chi connectivity index (χ0) is 15.2. The summed E-state index contributed by atoms with van der Waals surface area (Å²) in [6.45, 7) is 3.57. The lowest BCUT2D eigenvalue weighted by atomic mass is 10.1. The van der Waals surface area contributed by atoms with Crippen molar-refractivity contribution in [3.8, 4) is 0 Å². The minimum Gasteiger partial charge on any atom is -0.452 e. The van der Waals surface area contributed by atoms with Crippen LogP contribution in [0.4, 0.5) is 5.69 Å². The third-order valence-electron chi connectivity index (χ3n) is 3.13. The number of ether oxygens (including phenoxy) is 1. The maximum atomic E-state index is 11.8. The molecule has 0 aliphatic rings. The number of aryl methyl sites for hydroxylation is 1. The predicted molar refractivity (Wildman–Crippen MR) is 79.1 cm³/mol. The standard InChI is InChI=1S/C16H16N2O3/c1-11-4-3-5-14(12(11)2)18-15(19)10-21-16(20)13-6-8-17-9-7-13/h3-9H,10H2,1-2H3,(H,18,19). The molecule has 0 saturated heterocycles. The molecule has 2 rings (SSSR count). The fraction of sp³-hybridized carbons (Fsp3) is 0.188. The van der Waals surface area contributed by atoms with Crippen LogP contribution in [0.1, 0.15) is 21.5 Å². The number of aromatic nitrogens is 1. The fourth-order valence-electron chi connectivity index (χ4n) is 1.78. The van der Waals surface area contributed by atoms with Gasteiger partial charge in [0.25, 0.3) is 5.91 Å². The Balaban J connectivity index is 1.91. The number of nitrogens with one attached hydrogen (secondary N) is 1. The molecule has 21 heavy (non-hydrogen) atoms. The molecule has 1 N–H and O–H groups in total. The fourth-order valence-corrected chi connectivity index (χ4v) is 1.78. The van der Waals surface area contributed by atoms with Crippen molar-refractivity contribution in [2.45, 2.75) is 13.8 Å². The van der Waals surface area contributed by atoms with Gasteiger partial charge in [-0.1, -0.05) is 12.1 Å². The Bertz CT molecular complexity index is 654. The molecule has 1 aromatic carbocycles. The van der Waals surface area contributed by atoms with Crippen molar-refractivity contribution in [3.63, 3.8) is 0 Å². The summed E-state index contributed by atoms with van der Waals surface area (Å²) in [6.07, 6.45) is 2.99. The average molecular weight is 284 g/mol. The van der Waals surface area contributed by atoms with Crippen molar-refractivity contribution in [2.24, 2.45) is 0 Å². The van der Waals surface area contributed by atoms with E-state index in [1.807, 2.05) is 32.0 Å². The summed E-state index contributed by atoms with van der Waals surface area (Å²) in [5, 5.41) is 2.73. The Hall–Kier alpha value is -2.69. The third kappa shape index (κ3) is 3.89. The molecular weight excluding hydrogens is 268 g/mol. The van der Waals surface area contributed by atoms with Crippen molar-refractivity contribution >= 4 is 17.6 Å². The third-order valence-corrected chi connectivity index (χ3v) is 3.13. The summed E-state index contributed by atoms with van der Waals surface area (Å²) in [7, 11) is 0. The minimum atomic E-state index is -0.548. The molecule has 5 nitrogen and oxygen atoms in total. The van der Waals surface area contributed by atoms with Crippen LogP contribution in [0.15, 0.2) is 42.7 Å². The number of carbonyl (C=O) groups excluding carboxylic acids is 2. The molecule has 0 radical (unpaired) electrons. The highest BCUT2D eigenvalue weighted by Gasteiger charge is 2.11. The van der Waals surface area contributed by atoms with Gasteiger partial charge >= 0.3 is 5.97 Å². The van der Waals surface area contributed by atoms with E-state index in [2.05, 4.69) is 10.3 Å². The first kappa shape index (κ1) is 14.7. The summed E-state index contributed by atoms with van der Waals surface area (Å²) in [4.78, 5) is 27.3. The van der Waals surface area contributed by atoms with E-state index in [1.165, 1.54) is 24.5 Å². The molecule has 0 fully saturated rings.